The molecule has 1 N–H and O–H groups in total. The summed E-state index contributed by atoms with van der Waals surface area (Å²) in [4.78, 5) is 23.8. The summed E-state index contributed by atoms with van der Waals surface area (Å²) in [6, 6.07) is 7.18. The number of aliphatic carboxylic acids is 1. The zero-order chi connectivity index (χ0) is 14.3. The number of hydrogen-bond donors (Lipinski definition) is 1. The van der Waals surface area contributed by atoms with Crippen molar-refractivity contribution in [3.63, 3.8) is 0 Å². The molecule has 1 rings (SSSR count). The van der Waals surface area contributed by atoms with E-state index in [1.54, 1.807) is 18.2 Å². The van der Waals surface area contributed by atoms with Crippen molar-refractivity contribution in [3.05, 3.63) is 28.7 Å². The number of hydrogen-bond acceptors (Lipinski definition) is 3. The fourth-order valence-corrected chi connectivity index (χ4v) is 1.92. The first-order valence-corrected chi connectivity index (χ1v) is 6.70. The van der Waals surface area contributed by atoms with Crippen LogP contribution >= 0.6 is 15.9 Å². The zero-order valence-corrected chi connectivity index (χ0v) is 12.2. The second kappa shape index (κ2) is 7.78. The molecule has 0 aliphatic rings. The van der Waals surface area contributed by atoms with Crippen LogP contribution in [0, 0.1) is 0 Å². The summed E-state index contributed by atoms with van der Waals surface area (Å²) in [5, 5.41) is 8.75. The molecule has 0 aromatic heterocycles. The quantitative estimate of drug-likeness (QED) is 0.832. The van der Waals surface area contributed by atoms with Crippen molar-refractivity contribution in [1.29, 1.82) is 0 Å². The number of carbonyl (C=O) groups is 2. The molecule has 0 fully saturated rings. The van der Waals surface area contributed by atoms with Crippen LogP contribution in [0.2, 0.25) is 0 Å². The highest BCUT2D eigenvalue weighted by Crippen LogP contribution is 2.23. The van der Waals surface area contributed by atoms with Gasteiger partial charge in [-0.15, -0.1) is 0 Å². The molecular formula is C13H16BrNO4. The van der Waals surface area contributed by atoms with Crippen molar-refractivity contribution < 1.29 is 19.4 Å². The molecule has 0 bridgehead atoms. The molecule has 1 aromatic carbocycles. The third kappa shape index (κ3) is 5.30. The number of ether oxygens (including phenoxy) is 1. The van der Waals surface area contributed by atoms with E-state index in [9.17, 15) is 9.59 Å². The number of nitrogens with zero attached hydrogens (tertiary/aromatic N) is 1. The minimum absolute atomic E-state index is 0.171. The number of carboxylic acid groups (broad SMARTS) is 1. The fraction of sp³-hybridized carbons (Fsp3) is 0.385. The van der Waals surface area contributed by atoms with E-state index in [1.807, 2.05) is 13.0 Å². The van der Waals surface area contributed by atoms with E-state index in [0.29, 0.717) is 18.7 Å². The van der Waals surface area contributed by atoms with Crippen LogP contribution in [0.1, 0.15) is 13.3 Å². The Bertz CT molecular complexity index is 450. The summed E-state index contributed by atoms with van der Waals surface area (Å²) in [5.41, 5.74) is 0. The van der Waals surface area contributed by atoms with Crippen LogP contribution in [0.15, 0.2) is 28.7 Å². The number of carboxylic acids is 1. The Morgan fingerprint density at radius 3 is 2.63 bits per heavy atom. The highest BCUT2D eigenvalue weighted by atomic mass is 79.9. The maximum Gasteiger partial charge on any atom is 0.323 e. The van der Waals surface area contributed by atoms with Crippen molar-refractivity contribution in [3.8, 4) is 5.75 Å². The molecule has 0 aliphatic carbocycles. The summed E-state index contributed by atoms with van der Waals surface area (Å²) in [7, 11) is 0. The van der Waals surface area contributed by atoms with Crippen LogP contribution in [-0.2, 0) is 9.59 Å². The number of para-hydroxylation sites is 1. The average Bonchev–Trinajstić information content (AvgIpc) is 2.36. The first-order valence-electron chi connectivity index (χ1n) is 5.91. The monoisotopic (exact) mass is 329 g/mol. The van der Waals surface area contributed by atoms with Crippen molar-refractivity contribution in [1.82, 2.24) is 4.90 Å². The maximum atomic E-state index is 11.9. The molecular weight excluding hydrogens is 314 g/mol. The van der Waals surface area contributed by atoms with Gasteiger partial charge in [0.2, 0.25) is 0 Å². The number of halogens is 1. The fourth-order valence-electron chi connectivity index (χ4n) is 1.52. The van der Waals surface area contributed by atoms with Crippen LogP contribution in [0.25, 0.3) is 0 Å². The Balaban J connectivity index is 2.57. The van der Waals surface area contributed by atoms with E-state index < -0.39 is 5.97 Å². The van der Waals surface area contributed by atoms with Crippen LogP contribution < -0.4 is 4.74 Å². The van der Waals surface area contributed by atoms with Crippen LogP contribution in [0.5, 0.6) is 5.75 Å². The van der Waals surface area contributed by atoms with Gasteiger partial charge in [0, 0.05) is 6.54 Å². The largest absolute Gasteiger partial charge is 0.483 e. The van der Waals surface area contributed by atoms with Gasteiger partial charge in [-0.25, -0.2) is 0 Å². The number of amides is 1. The van der Waals surface area contributed by atoms with Gasteiger partial charge >= 0.3 is 5.97 Å². The van der Waals surface area contributed by atoms with Crippen LogP contribution in [0.4, 0.5) is 0 Å². The smallest absolute Gasteiger partial charge is 0.323 e. The first-order chi connectivity index (χ1) is 9.04. The molecule has 0 heterocycles. The summed E-state index contributed by atoms with van der Waals surface area (Å²) in [6.45, 7) is 1.82. The van der Waals surface area contributed by atoms with Crippen LogP contribution in [0.3, 0.4) is 0 Å². The molecule has 104 valence electrons. The first kappa shape index (κ1) is 15.5. The van der Waals surface area contributed by atoms with Crippen molar-refractivity contribution in [2.75, 3.05) is 19.7 Å². The molecule has 6 heteroatoms. The van der Waals surface area contributed by atoms with Gasteiger partial charge in [0.15, 0.2) is 6.61 Å². The second-order valence-electron chi connectivity index (χ2n) is 3.93. The lowest BCUT2D eigenvalue weighted by Gasteiger charge is -2.20. The van der Waals surface area contributed by atoms with E-state index in [2.05, 4.69) is 15.9 Å². The highest BCUT2D eigenvalue weighted by molar-refractivity contribution is 9.10. The molecule has 19 heavy (non-hydrogen) atoms. The van der Waals surface area contributed by atoms with Gasteiger partial charge < -0.3 is 14.7 Å². The van der Waals surface area contributed by atoms with E-state index in [0.717, 1.165) is 4.47 Å². The van der Waals surface area contributed by atoms with Gasteiger partial charge in [-0.05, 0) is 34.5 Å². The predicted molar refractivity (Wildman–Crippen MR) is 74.1 cm³/mol. The molecule has 0 radical (unpaired) electrons. The Labute approximate surface area is 120 Å². The molecule has 0 aliphatic heterocycles. The summed E-state index contributed by atoms with van der Waals surface area (Å²) in [6.07, 6.45) is 0.702. The van der Waals surface area contributed by atoms with E-state index >= 15 is 0 Å². The van der Waals surface area contributed by atoms with Crippen molar-refractivity contribution >= 4 is 27.8 Å². The number of carbonyl (C=O) groups excluding carboxylic acids is 1. The lowest BCUT2D eigenvalue weighted by Crippen LogP contribution is -2.39. The minimum atomic E-state index is -1.03. The summed E-state index contributed by atoms with van der Waals surface area (Å²) >= 11 is 3.31. The van der Waals surface area contributed by atoms with Gasteiger partial charge in [0.05, 0.1) is 4.47 Å². The standard InChI is InChI=1S/C13H16BrNO4/c1-2-7-15(8-13(17)18)12(16)9-19-11-6-4-3-5-10(11)14/h3-6H,2,7-9H2,1H3,(H,17,18). The van der Waals surface area contributed by atoms with E-state index in [4.69, 9.17) is 9.84 Å². The van der Waals surface area contributed by atoms with Gasteiger partial charge in [0.1, 0.15) is 12.3 Å². The van der Waals surface area contributed by atoms with E-state index in [-0.39, 0.29) is 19.1 Å². The predicted octanol–water partition coefficient (Wildman–Crippen LogP) is 2.15. The van der Waals surface area contributed by atoms with Gasteiger partial charge in [-0.2, -0.15) is 0 Å². The van der Waals surface area contributed by atoms with Crippen LogP contribution in [-0.4, -0.2) is 41.6 Å². The molecule has 0 atom stereocenters. The van der Waals surface area contributed by atoms with E-state index in [1.165, 1.54) is 4.90 Å². The normalized spacial score (nSPS) is 10.0. The van der Waals surface area contributed by atoms with Gasteiger partial charge in [0.25, 0.3) is 5.91 Å². The summed E-state index contributed by atoms with van der Waals surface area (Å²) in [5.74, 6) is -0.801. The lowest BCUT2D eigenvalue weighted by atomic mass is 10.3. The Kier molecular flexibility index (Phi) is 6.35. The Morgan fingerprint density at radius 1 is 1.37 bits per heavy atom. The number of benzene rings is 1. The molecule has 5 nitrogen and oxygen atoms in total. The molecule has 0 saturated heterocycles. The third-order valence-electron chi connectivity index (χ3n) is 2.36. The molecule has 1 aromatic rings. The topological polar surface area (TPSA) is 66.8 Å². The Morgan fingerprint density at radius 2 is 2.05 bits per heavy atom. The molecule has 0 saturated carbocycles. The molecule has 0 unspecified atom stereocenters. The van der Waals surface area contributed by atoms with Gasteiger partial charge in [-0.3, -0.25) is 9.59 Å². The SMILES string of the molecule is CCCN(CC(=O)O)C(=O)COc1ccccc1Br. The average molecular weight is 330 g/mol. The summed E-state index contributed by atoms with van der Waals surface area (Å²) < 4.78 is 6.13. The minimum Gasteiger partial charge on any atom is -0.483 e. The molecule has 0 spiro atoms. The number of rotatable bonds is 7. The van der Waals surface area contributed by atoms with Crippen molar-refractivity contribution in [2.45, 2.75) is 13.3 Å². The molecule has 1 amide bonds. The second-order valence-corrected chi connectivity index (χ2v) is 4.78. The van der Waals surface area contributed by atoms with Gasteiger partial charge in [-0.1, -0.05) is 19.1 Å². The van der Waals surface area contributed by atoms with Crippen molar-refractivity contribution in [2.24, 2.45) is 0 Å². The highest BCUT2D eigenvalue weighted by Gasteiger charge is 2.16. The maximum absolute atomic E-state index is 11.9. The zero-order valence-electron chi connectivity index (χ0n) is 10.6. The Hall–Kier alpha value is -1.56. The lowest BCUT2D eigenvalue weighted by molar-refractivity contribution is -0.145. The third-order valence-corrected chi connectivity index (χ3v) is 3.02.